The van der Waals surface area contributed by atoms with Crippen molar-refractivity contribution in [3.8, 4) is 5.75 Å². The highest BCUT2D eigenvalue weighted by Crippen LogP contribution is 2.35. The zero-order valence-corrected chi connectivity index (χ0v) is 14.5. The Morgan fingerprint density at radius 2 is 2.00 bits per heavy atom. The first kappa shape index (κ1) is 15.8. The van der Waals surface area contributed by atoms with E-state index < -0.39 is 0 Å². The lowest BCUT2D eigenvalue weighted by molar-refractivity contribution is 0.0992. The standard InChI is InChI=1S/C17H26BrNO/c1-11-5-7-15(9-12(11)2)20-17-8-6-14(18)10-16(17)13(3)19-4/h6,8,10-13,15,19H,5,7,9H2,1-4H3. The van der Waals surface area contributed by atoms with Gasteiger partial charge in [-0.15, -0.1) is 0 Å². The van der Waals surface area contributed by atoms with Gasteiger partial charge in [-0.25, -0.2) is 0 Å². The number of nitrogens with one attached hydrogen (secondary N) is 1. The van der Waals surface area contributed by atoms with Crippen molar-refractivity contribution in [1.29, 1.82) is 0 Å². The minimum Gasteiger partial charge on any atom is -0.490 e. The Labute approximate surface area is 131 Å². The van der Waals surface area contributed by atoms with Crippen molar-refractivity contribution >= 4 is 15.9 Å². The molecule has 0 saturated heterocycles. The van der Waals surface area contributed by atoms with Crippen LogP contribution in [0, 0.1) is 11.8 Å². The van der Waals surface area contributed by atoms with E-state index in [2.05, 4.69) is 60.2 Å². The molecule has 0 radical (unpaired) electrons. The summed E-state index contributed by atoms with van der Waals surface area (Å²) >= 11 is 3.55. The lowest BCUT2D eigenvalue weighted by Gasteiger charge is -2.33. The molecule has 2 nitrogen and oxygen atoms in total. The highest BCUT2D eigenvalue weighted by Gasteiger charge is 2.26. The van der Waals surface area contributed by atoms with Crippen LogP contribution in [0.4, 0.5) is 0 Å². The summed E-state index contributed by atoms with van der Waals surface area (Å²) in [6, 6.07) is 6.61. The van der Waals surface area contributed by atoms with E-state index in [0.717, 1.165) is 22.1 Å². The molecule has 0 bridgehead atoms. The summed E-state index contributed by atoms with van der Waals surface area (Å²) in [5.41, 5.74) is 1.23. The highest BCUT2D eigenvalue weighted by molar-refractivity contribution is 9.10. The third-order valence-corrected chi connectivity index (χ3v) is 5.21. The fourth-order valence-corrected chi connectivity index (χ4v) is 3.28. The minimum atomic E-state index is 0.294. The maximum atomic E-state index is 6.32. The monoisotopic (exact) mass is 339 g/mol. The molecule has 1 aromatic rings. The first-order chi connectivity index (χ1) is 9.51. The molecule has 1 saturated carbocycles. The molecule has 0 spiro atoms. The van der Waals surface area contributed by atoms with Crippen molar-refractivity contribution in [2.45, 2.75) is 52.2 Å². The molecule has 0 aliphatic heterocycles. The maximum absolute atomic E-state index is 6.32. The van der Waals surface area contributed by atoms with Crippen LogP contribution in [-0.4, -0.2) is 13.2 Å². The van der Waals surface area contributed by atoms with Gasteiger partial charge in [0.05, 0.1) is 6.10 Å². The van der Waals surface area contributed by atoms with Gasteiger partial charge in [0.1, 0.15) is 5.75 Å². The molecule has 1 aliphatic rings. The fourth-order valence-electron chi connectivity index (χ4n) is 2.91. The molecule has 20 heavy (non-hydrogen) atoms. The summed E-state index contributed by atoms with van der Waals surface area (Å²) in [7, 11) is 1.99. The predicted molar refractivity (Wildman–Crippen MR) is 88.2 cm³/mol. The number of ether oxygens (including phenoxy) is 1. The van der Waals surface area contributed by atoms with Crippen molar-refractivity contribution in [3.05, 3.63) is 28.2 Å². The average molecular weight is 340 g/mol. The van der Waals surface area contributed by atoms with Gasteiger partial charge >= 0.3 is 0 Å². The third kappa shape index (κ3) is 3.76. The molecule has 3 heteroatoms. The van der Waals surface area contributed by atoms with E-state index in [4.69, 9.17) is 4.74 Å². The van der Waals surface area contributed by atoms with E-state index in [-0.39, 0.29) is 0 Å². The van der Waals surface area contributed by atoms with Gasteiger partial charge in [-0.05, 0) is 63.3 Å². The van der Waals surface area contributed by atoms with Crippen LogP contribution in [0.15, 0.2) is 22.7 Å². The van der Waals surface area contributed by atoms with E-state index in [9.17, 15) is 0 Å². The Morgan fingerprint density at radius 3 is 2.65 bits per heavy atom. The highest BCUT2D eigenvalue weighted by atomic mass is 79.9. The summed E-state index contributed by atoms with van der Waals surface area (Å²) in [6.45, 7) is 6.87. The summed E-state index contributed by atoms with van der Waals surface area (Å²) < 4.78 is 7.43. The van der Waals surface area contributed by atoms with Crippen LogP contribution in [0.3, 0.4) is 0 Å². The SMILES string of the molecule is CNC(C)c1cc(Br)ccc1OC1CCC(C)C(C)C1. The second kappa shape index (κ2) is 6.95. The molecule has 0 aromatic heterocycles. The largest absolute Gasteiger partial charge is 0.490 e. The third-order valence-electron chi connectivity index (χ3n) is 4.72. The minimum absolute atomic E-state index is 0.294. The average Bonchev–Trinajstić information content (AvgIpc) is 2.44. The van der Waals surface area contributed by atoms with E-state index in [1.807, 2.05) is 7.05 Å². The predicted octanol–water partition coefficient (Wildman–Crippen LogP) is 4.93. The molecular formula is C17H26BrNO. The van der Waals surface area contributed by atoms with E-state index >= 15 is 0 Å². The number of benzene rings is 1. The summed E-state index contributed by atoms with van der Waals surface area (Å²) in [5, 5.41) is 3.30. The van der Waals surface area contributed by atoms with Crippen molar-refractivity contribution in [3.63, 3.8) is 0 Å². The fraction of sp³-hybridized carbons (Fsp3) is 0.647. The van der Waals surface area contributed by atoms with Gasteiger partial charge < -0.3 is 10.1 Å². The number of rotatable bonds is 4. The van der Waals surface area contributed by atoms with Crippen LogP contribution in [0.1, 0.15) is 51.6 Å². The van der Waals surface area contributed by atoms with Gasteiger partial charge in [-0.2, -0.15) is 0 Å². The zero-order chi connectivity index (χ0) is 14.7. The molecular weight excluding hydrogens is 314 g/mol. The van der Waals surface area contributed by atoms with Gasteiger partial charge in [0, 0.05) is 16.1 Å². The van der Waals surface area contributed by atoms with Crippen molar-refractivity contribution in [2.75, 3.05) is 7.05 Å². The van der Waals surface area contributed by atoms with Crippen LogP contribution < -0.4 is 10.1 Å². The molecule has 1 N–H and O–H groups in total. The van der Waals surface area contributed by atoms with E-state index in [1.165, 1.54) is 24.8 Å². The van der Waals surface area contributed by atoms with E-state index in [1.54, 1.807) is 0 Å². The first-order valence-corrected chi connectivity index (χ1v) is 8.44. The molecule has 2 rings (SSSR count). The Balaban J connectivity index is 2.13. The molecule has 4 unspecified atom stereocenters. The normalized spacial score (nSPS) is 28.1. The number of halogens is 1. The summed E-state index contributed by atoms with van der Waals surface area (Å²) in [6.07, 6.45) is 3.99. The molecule has 112 valence electrons. The second-order valence-corrected chi connectivity index (χ2v) is 7.12. The van der Waals surface area contributed by atoms with Crippen LogP contribution in [-0.2, 0) is 0 Å². The number of hydrogen-bond acceptors (Lipinski definition) is 2. The Kier molecular flexibility index (Phi) is 5.50. The van der Waals surface area contributed by atoms with Gasteiger partial charge in [0.2, 0.25) is 0 Å². The second-order valence-electron chi connectivity index (χ2n) is 6.20. The first-order valence-electron chi connectivity index (χ1n) is 7.64. The maximum Gasteiger partial charge on any atom is 0.124 e. The Hall–Kier alpha value is -0.540. The van der Waals surface area contributed by atoms with E-state index in [0.29, 0.717) is 12.1 Å². The van der Waals surface area contributed by atoms with Gasteiger partial charge in [-0.1, -0.05) is 29.8 Å². The van der Waals surface area contributed by atoms with Crippen LogP contribution in [0.25, 0.3) is 0 Å². The van der Waals surface area contributed by atoms with Crippen molar-refractivity contribution < 1.29 is 4.74 Å². The lowest BCUT2D eigenvalue weighted by atomic mass is 9.80. The molecule has 1 aliphatic carbocycles. The van der Waals surface area contributed by atoms with Crippen LogP contribution in [0.5, 0.6) is 5.75 Å². The van der Waals surface area contributed by atoms with Crippen molar-refractivity contribution in [1.82, 2.24) is 5.32 Å². The van der Waals surface area contributed by atoms with Crippen LogP contribution >= 0.6 is 15.9 Å². The van der Waals surface area contributed by atoms with Crippen molar-refractivity contribution in [2.24, 2.45) is 11.8 Å². The summed E-state index contributed by atoms with van der Waals surface area (Å²) in [4.78, 5) is 0. The zero-order valence-electron chi connectivity index (χ0n) is 12.9. The smallest absolute Gasteiger partial charge is 0.124 e. The molecule has 1 aromatic carbocycles. The van der Waals surface area contributed by atoms with Crippen LogP contribution in [0.2, 0.25) is 0 Å². The Bertz CT molecular complexity index is 449. The van der Waals surface area contributed by atoms with Gasteiger partial charge in [-0.3, -0.25) is 0 Å². The molecule has 0 heterocycles. The quantitative estimate of drug-likeness (QED) is 0.839. The number of hydrogen-bond donors (Lipinski definition) is 1. The lowest BCUT2D eigenvalue weighted by Crippen LogP contribution is -2.29. The van der Waals surface area contributed by atoms with Gasteiger partial charge in [0.25, 0.3) is 0 Å². The Morgan fingerprint density at radius 1 is 1.25 bits per heavy atom. The topological polar surface area (TPSA) is 21.3 Å². The summed E-state index contributed by atoms with van der Waals surface area (Å²) in [5.74, 6) is 2.62. The molecule has 0 amide bonds. The molecule has 4 atom stereocenters. The van der Waals surface area contributed by atoms with Gasteiger partial charge in [0.15, 0.2) is 0 Å². The molecule has 1 fully saturated rings.